The molecule has 0 radical (unpaired) electrons. The fourth-order valence-corrected chi connectivity index (χ4v) is 2.15. The minimum atomic E-state index is 0.637. The number of nitrogens with two attached hydrogens (primary N) is 1. The minimum absolute atomic E-state index is 0.637. The zero-order chi connectivity index (χ0) is 13.0. The molecule has 1 aromatic carbocycles. The van der Waals surface area contributed by atoms with Crippen LogP contribution in [-0.4, -0.2) is 56.2 Å². The second-order valence-corrected chi connectivity index (χ2v) is 5.11. The van der Waals surface area contributed by atoms with E-state index in [2.05, 4.69) is 16.8 Å². The van der Waals surface area contributed by atoms with Crippen LogP contribution in [0.15, 0.2) is 18.2 Å². The maximum Gasteiger partial charge on any atom is 0.143 e. The van der Waals surface area contributed by atoms with Crippen LogP contribution in [0.25, 0.3) is 0 Å². The van der Waals surface area contributed by atoms with Crippen LogP contribution in [0.1, 0.15) is 0 Å². The van der Waals surface area contributed by atoms with Gasteiger partial charge in [0.15, 0.2) is 0 Å². The number of hydrogen-bond donors (Lipinski definition) is 1. The van der Waals surface area contributed by atoms with Crippen molar-refractivity contribution in [3.63, 3.8) is 0 Å². The Morgan fingerprint density at radius 3 is 2.72 bits per heavy atom. The normalized spacial score (nSPS) is 17.9. The highest BCUT2D eigenvalue weighted by molar-refractivity contribution is 6.30. The van der Waals surface area contributed by atoms with E-state index >= 15 is 0 Å². The molecule has 1 fully saturated rings. The Bertz CT molecular complexity index is 392. The molecule has 0 saturated carbocycles. The van der Waals surface area contributed by atoms with E-state index in [1.165, 1.54) is 0 Å². The maximum atomic E-state index is 5.91. The zero-order valence-corrected chi connectivity index (χ0v) is 11.5. The van der Waals surface area contributed by atoms with Crippen molar-refractivity contribution >= 4 is 17.3 Å². The van der Waals surface area contributed by atoms with E-state index < -0.39 is 0 Å². The van der Waals surface area contributed by atoms with E-state index in [4.69, 9.17) is 22.1 Å². The highest BCUT2D eigenvalue weighted by atomic mass is 35.5. The largest absolute Gasteiger partial charge is 0.490 e. The summed E-state index contributed by atoms with van der Waals surface area (Å²) in [6.45, 7) is 6.03. The van der Waals surface area contributed by atoms with E-state index in [0.717, 1.165) is 32.7 Å². The number of ether oxygens (including phenoxy) is 1. The van der Waals surface area contributed by atoms with Crippen molar-refractivity contribution in [2.24, 2.45) is 0 Å². The van der Waals surface area contributed by atoms with Crippen LogP contribution in [-0.2, 0) is 0 Å². The lowest BCUT2D eigenvalue weighted by Gasteiger charge is -2.32. The number of hydrogen-bond acceptors (Lipinski definition) is 4. The van der Waals surface area contributed by atoms with E-state index in [0.29, 0.717) is 23.1 Å². The second-order valence-electron chi connectivity index (χ2n) is 4.68. The van der Waals surface area contributed by atoms with Crippen LogP contribution in [0.2, 0.25) is 5.02 Å². The fraction of sp³-hybridized carbons (Fsp3) is 0.538. The summed E-state index contributed by atoms with van der Waals surface area (Å²) in [6, 6.07) is 5.30. The molecular formula is C13H20ClN3O. The molecule has 0 aromatic heterocycles. The maximum absolute atomic E-state index is 5.91. The summed E-state index contributed by atoms with van der Waals surface area (Å²) in [5, 5.41) is 0.652. The summed E-state index contributed by atoms with van der Waals surface area (Å²) in [5.74, 6) is 0.677. The van der Waals surface area contributed by atoms with Crippen molar-refractivity contribution in [2.75, 3.05) is 52.1 Å². The predicted octanol–water partition coefficient (Wildman–Crippen LogP) is 1.55. The van der Waals surface area contributed by atoms with Crippen LogP contribution < -0.4 is 10.5 Å². The quantitative estimate of drug-likeness (QED) is 0.842. The smallest absolute Gasteiger partial charge is 0.143 e. The number of nitrogens with zero attached hydrogens (tertiary/aromatic N) is 2. The van der Waals surface area contributed by atoms with Gasteiger partial charge in [-0.15, -0.1) is 0 Å². The van der Waals surface area contributed by atoms with Crippen molar-refractivity contribution in [3.05, 3.63) is 23.2 Å². The fourth-order valence-electron chi connectivity index (χ4n) is 1.99. The highest BCUT2D eigenvalue weighted by Gasteiger charge is 2.13. The van der Waals surface area contributed by atoms with E-state index in [9.17, 15) is 0 Å². The van der Waals surface area contributed by atoms with Gasteiger partial charge in [-0.2, -0.15) is 0 Å². The molecule has 2 N–H and O–H groups in total. The van der Waals surface area contributed by atoms with E-state index in [1.807, 2.05) is 0 Å². The van der Waals surface area contributed by atoms with Crippen molar-refractivity contribution in [3.8, 4) is 5.75 Å². The lowest BCUT2D eigenvalue weighted by Crippen LogP contribution is -2.45. The number of nitrogen functional groups attached to an aromatic ring is 1. The third-order valence-corrected chi connectivity index (χ3v) is 3.47. The third kappa shape index (κ3) is 3.77. The van der Waals surface area contributed by atoms with Gasteiger partial charge >= 0.3 is 0 Å². The highest BCUT2D eigenvalue weighted by Crippen LogP contribution is 2.25. The van der Waals surface area contributed by atoms with E-state index in [1.54, 1.807) is 18.2 Å². The second kappa shape index (κ2) is 6.27. The molecule has 1 aliphatic rings. The molecule has 18 heavy (non-hydrogen) atoms. The van der Waals surface area contributed by atoms with Gasteiger partial charge in [-0.25, -0.2) is 0 Å². The third-order valence-electron chi connectivity index (χ3n) is 3.24. The zero-order valence-electron chi connectivity index (χ0n) is 10.7. The molecule has 1 saturated heterocycles. The molecule has 2 rings (SSSR count). The molecule has 5 heteroatoms. The summed E-state index contributed by atoms with van der Waals surface area (Å²) in [5.41, 5.74) is 6.46. The Labute approximate surface area is 113 Å². The topological polar surface area (TPSA) is 41.7 Å². The van der Waals surface area contributed by atoms with Gasteiger partial charge in [-0.1, -0.05) is 11.6 Å². The van der Waals surface area contributed by atoms with Crippen molar-refractivity contribution in [1.82, 2.24) is 9.80 Å². The molecular weight excluding hydrogens is 250 g/mol. The van der Waals surface area contributed by atoms with Crippen LogP contribution in [0.3, 0.4) is 0 Å². The minimum Gasteiger partial charge on any atom is -0.490 e. The van der Waals surface area contributed by atoms with Gasteiger partial charge in [0.2, 0.25) is 0 Å². The standard InChI is InChI=1S/C13H20ClN3O/c1-16-4-6-17(7-5-16)8-9-18-13-10-11(14)2-3-12(13)15/h2-3,10H,4-9,15H2,1H3. The van der Waals surface area contributed by atoms with Gasteiger partial charge in [0.25, 0.3) is 0 Å². The summed E-state index contributed by atoms with van der Waals surface area (Å²) in [6.07, 6.45) is 0. The first-order chi connectivity index (χ1) is 8.65. The van der Waals surface area contributed by atoms with Crippen molar-refractivity contribution in [1.29, 1.82) is 0 Å². The first kappa shape index (κ1) is 13.5. The number of benzene rings is 1. The molecule has 0 bridgehead atoms. The van der Waals surface area contributed by atoms with Crippen molar-refractivity contribution in [2.45, 2.75) is 0 Å². The molecule has 1 aliphatic heterocycles. The van der Waals surface area contributed by atoms with Gasteiger partial charge in [0, 0.05) is 43.8 Å². The summed E-state index contributed by atoms with van der Waals surface area (Å²) < 4.78 is 5.68. The molecule has 0 atom stereocenters. The molecule has 0 aliphatic carbocycles. The van der Waals surface area contributed by atoms with Crippen LogP contribution >= 0.6 is 11.6 Å². The molecule has 1 aromatic rings. The molecule has 0 unspecified atom stereocenters. The molecule has 100 valence electrons. The number of rotatable bonds is 4. The van der Waals surface area contributed by atoms with Gasteiger partial charge in [0.05, 0.1) is 5.69 Å². The first-order valence-corrected chi connectivity index (χ1v) is 6.61. The monoisotopic (exact) mass is 269 g/mol. The Balaban J connectivity index is 1.76. The summed E-state index contributed by atoms with van der Waals surface area (Å²) in [7, 11) is 2.15. The lowest BCUT2D eigenvalue weighted by atomic mass is 10.3. The average molecular weight is 270 g/mol. The molecule has 4 nitrogen and oxygen atoms in total. The Kier molecular flexibility index (Phi) is 4.69. The Morgan fingerprint density at radius 1 is 1.28 bits per heavy atom. The van der Waals surface area contributed by atoms with Gasteiger partial charge in [0.1, 0.15) is 12.4 Å². The van der Waals surface area contributed by atoms with Crippen LogP contribution in [0, 0.1) is 0 Å². The van der Waals surface area contributed by atoms with Crippen LogP contribution in [0.4, 0.5) is 5.69 Å². The van der Waals surface area contributed by atoms with Crippen LogP contribution in [0.5, 0.6) is 5.75 Å². The molecule has 0 amide bonds. The number of halogens is 1. The van der Waals surface area contributed by atoms with Gasteiger partial charge in [-0.3, -0.25) is 4.90 Å². The summed E-state index contributed by atoms with van der Waals surface area (Å²) >= 11 is 5.91. The average Bonchev–Trinajstić information content (AvgIpc) is 2.36. The van der Waals surface area contributed by atoms with Gasteiger partial charge in [-0.05, 0) is 19.2 Å². The Morgan fingerprint density at radius 2 is 2.00 bits per heavy atom. The van der Waals surface area contributed by atoms with Gasteiger partial charge < -0.3 is 15.4 Å². The lowest BCUT2D eigenvalue weighted by molar-refractivity contribution is 0.134. The molecule has 1 heterocycles. The Hall–Kier alpha value is -0.970. The number of piperazine rings is 1. The predicted molar refractivity (Wildman–Crippen MR) is 75.3 cm³/mol. The number of anilines is 1. The molecule has 0 spiro atoms. The first-order valence-electron chi connectivity index (χ1n) is 6.24. The van der Waals surface area contributed by atoms with E-state index in [-0.39, 0.29) is 0 Å². The van der Waals surface area contributed by atoms with Crippen molar-refractivity contribution < 1.29 is 4.74 Å². The SMILES string of the molecule is CN1CCN(CCOc2cc(Cl)ccc2N)CC1. The summed E-state index contributed by atoms with van der Waals surface area (Å²) in [4.78, 5) is 4.74. The number of likely N-dealkylation sites (N-methyl/N-ethyl adjacent to an activating group) is 1.